The van der Waals surface area contributed by atoms with Gasteiger partial charge in [-0.2, -0.15) is 4.99 Å². The van der Waals surface area contributed by atoms with Crippen molar-refractivity contribution in [3.63, 3.8) is 0 Å². The van der Waals surface area contributed by atoms with Crippen molar-refractivity contribution in [2.75, 3.05) is 14.2 Å². The zero-order valence-electron chi connectivity index (χ0n) is 7.56. The summed E-state index contributed by atoms with van der Waals surface area (Å²) in [5.74, 6) is 0. The maximum absolute atomic E-state index is 5.26. The second-order valence-corrected chi connectivity index (χ2v) is 2.74. The van der Waals surface area contributed by atoms with Crippen LogP contribution in [-0.4, -0.2) is 31.2 Å². The van der Waals surface area contributed by atoms with Crippen molar-refractivity contribution in [2.24, 2.45) is 4.99 Å². The van der Waals surface area contributed by atoms with E-state index in [9.17, 15) is 0 Å². The molecule has 1 rings (SSSR count). The molecule has 1 aliphatic carbocycles. The summed E-state index contributed by atoms with van der Waals surface area (Å²) >= 11 is 4.56. The lowest BCUT2D eigenvalue weighted by atomic mass is 10.0. The molecule has 0 saturated heterocycles. The number of thiocarbonyl (C=S) groups is 1. The largest absolute Gasteiger partial charge is 0.372 e. The third kappa shape index (κ3) is 1.92. The summed E-state index contributed by atoms with van der Waals surface area (Å²) in [6.45, 7) is 0. The molecular formula is C9H11NO2S. The molecule has 0 N–H and O–H groups in total. The van der Waals surface area contributed by atoms with Crippen LogP contribution in [0.1, 0.15) is 0 Å². The smallest absolute Gasteiger partial charge is 0.217 e. The van der Waals surface area contributed by atoms with Crippen LogP contribution < -0.4 is 0 Å². The van der Waals surface area contributed by atoms with Crippen molar-refractivity contribution in [1.82, 2.24) is 0 Å². The molecular weight excluding hydrogens is 186 g/mol. The maximum Gasteiger partial charge on any atom is 0.217 e. The Morgan fingerprint density at radius 3 is 2.77 bits per heavy atom. The number of methoxy groups -OCH3 is 2. The molecule has 0 bridgehead atoms. The number of hydrogen-bond donors (Lipinski definition) is 0. The van der Waals surface area contributed by atoms with Gasteiger partial charge in [-0.15, -0.1) is 0 Å². The van der Waals surface area contributed by atoms with Gasteiger partial charge in [0.1, 0.15) is 6.10 Å². The van der Waals surface area contributed by atoms with Crippen LogP contribution in [-0.2, 0) is 9.47 Å². The van der Waals surface area contributed by atoms with Gasteiger partial charge in [-0.1, -0.05) is 18.2 Å². The van der Waals surface area contributed by atoms with Crippen molar-refractivity contribution >= 4 is 17.4 Å². The molecule has 0 radical (unpaired) electrons. The van der Waals surface area contributed by atoms with E-state index in [0.717, 1.165) is 0 Å². The third-order valence-electron chi connectivity index (χ3n) is 1.94. The Kier molecular flexibility index (Phi) is 3.51. The van der Waals surface area contributed by atoms with Gasteiger partial charge in [0, 0.05) is 14.2 Å². The Morgan fingerprint density at radius 2 is 2.23 bits per heavy atom. The molecule has 2 atom stereocenters. The highest BCUT2D eigenvalue weighted by atomic mass is 32.1. The SMILES string of the molecule is COC1C=CC=CC1(N=C=S)OC. The standard InChI is InChI=1S/C9H11NO2S/c1-11-8-5-3-4-6-9(8,12-2)10-7-13/h3-6,8H,1-2H3. The van der Waals surface area contributed by atoms with Crippen molar-refractivity contribution in [3.8, 4) is 0 Å². The van der Waals surface area contributed by atoms with Crippen molar-refractivity contribution in [1.29, 1.82) is 0 Å². The molecule has 70 valence electrons. The number of allylic oxidation sites excluding steroid dienone is 2. The average molecular weight is 197 g/mol. The molecule has 0 amide bonds. The molecule has 0 aliphatic heterocycles. The lowest BCUT2D eigenvalue weighted by molar-refractivity contribution is -0.0599. The quantitative estimate of drug-likeness (QED) is 0.508. The van der Waals surface area contributed by atoms with Gasteiger partial charge in [0.2, 0.25) is 5.72 Å². The summed E-state index contributed by atoms with van der Waals surface area (Å²) in [4.78, 5) is 3.97. The van der Waals surface area contributed by atoms with Crippen LogP contribution >= 0.6 is 12.2 Å². The number of ether oxygens (including phenoxy) is 2. The number of nitrogens with zero attached hydrogens (tertiary/aromatic N) is 1. The fourth-order valence-electron chi connectivity index (χ4n) is 1.24. The van der Waals surface area contributed by atoms with E-state index in [1.54, 1.807) is 20.3 Å². The minimum atomic E-state index is -0.842. The monoisotopic (exact) mass is 197 g/mol. The second kappa shape index (κ2) is 4.44. The van der Waals surface area contributed by atoms with E-state index in [1.807, 2.05) is 18.2 Å². The minimum Gasteiger partial charge on any atom is -0.372 e. The van der Waals surface area contributed by atoms with Gasteiger partial charge in [-0.3, -0.25) is 0 Å². The highest BCUT2D eigenvalue weighted by Gasteiger charge is 2.36. The van der Waals surface area contributed by atoms with E-state index >= 15 is 0 Å². The Balaban J connectivity index is 3.01. The first-order valence-electron chi connectivity index (χ1n) is 3.82. The first-order valence-corrected chi connectivity index (χ1v) is 4.23. The van der Waals surface area contributed by atoms with E-state index in [4.69, 9.17) is 9.47 Å². The summed E-state index contributed by atoms with van der Waals surface area (Å²) in [5, 5.41) is 2.31. The van der Waals surface area contributed by atoms with E-state index in [0.29, 0.717) is 0 Å². The van der Waals surface area contributed by atoms with Crippen LogP contribution in [0.5, 0.6) is 0 Å². The molecule has 0 aromatic carbocycles. The van der Waals surface area contributed by atoms with Crippen LogP contribution in [0, 0.1) is 0 Å². The van der Waals surface area contributed by atoms with Crippen LogP contribution in [0.25, 0.3) is 0 Å². The molecule has 4 heteroatoms. The van der Waals surface area contributed by atoms with E-state index in [2.05, 4.69) is 22.4 Å². The zero-order chi connectivity index (χ0) is 9.73. The van der Waals surface area contributed by atoms with Crippen molar-refractivity contribution in [2.45, 2.75) is 11.8 Å². The Bertz CT molecular complexity index is 281. The fourth-order valence-corrected chi connectivity index (χ4v) is 1.38. The predicted molar refractivity (Wildman–Crippen MR) is 53.8 cm³/mol. The number of rotatable bonds is 3. The minimum absolute atomic E-state index is 0.252. The van der Waals surface area contributed by atoms with Crippen LogP contribution in [0.4, 0.5) is 0 Å². The molecule has 0 aromatic heterocycles. The number of aliphatic imine (C=N–C) groups is 1. The highest BCUT2D eigenvalue weighted by Crippen LogP contribution is 2.25. The van der Waals surface area contributed by atoms with Crippen LogP contribution in [0.3, 0.4) is 0 Å². The zero-order valence-corrected chi connectivity index (χ0v) is 8.38. The third-order valence-corrected chi connectivity index (χ3v) is 2.03. The highest BCUT2D eigenvalue weighted by molar-refractivity contribution is 7.78. The molecule has 1 aliphatic rings. The average Bonchev–Trinajstić information content (AvgIpc) is 2.19. The number of hydrogen-bond acceptors (Lipinski definition) is 4. The van der Waals surface area contributed by atoms with E-state index in [-0.39, 0.29) is 6.10 Å². The summed E-state index contributed by atoms with van der Waals surface area (Å²) in [6.07, 6.45) is 7.12. The molecule has 13 heavy (non-hydrogen) atoms. The van der Waals surface area contributed by atoms with E-state index in [1.165, 1.54) is 0 Å². The fraction of sp³-hybridized carbons (Fsp3) is 0.444. The van der Waals surface area contributed by atoms with Gasteiger partial charge in [0.25, 0.3) is 0 Å². The van der Waals surface area contributed by atoms with E-state index < -0.39 is 5.72 Å². The molecule has 0 saturated carbocycles. The Hall–Kier alpha value is -0.800. The summed E-state index contributed by atoms with van der Waals surface area (Å²) < 4.78 is 10.5. The van der Waals surface area contributed by atoms with Gasteiger partial charge >= 0.3 is 0 Å². The van der Waals surface area contributed by atoms with Gasteiger partial charge in [0.15, 0.2) is 0 Å². The van der Waals surface area contributed by atoms with Crippen molar-refractivity contribution < 1.29 is 9.47 Å². The Labute approximate surface area is 82.8 Å². The van der Waals surface area contributed by atoms with Gasteiger partial charge in [-0.05, 0) is 18.3 Å². The molecule has 3 nitrogen and oxygen atoms in total. The Morgan fingerprint density at radius 1 is 1.46 bits per heavy atom. The summed E-state index contributed by atoms with van der Waals surface area (Å²) in [5.41, 5.74) is -0.842. The summed E-state index contributed by atoms with van der Waals surface area (Å²) in [6, 6.07) is 0. The van der Waals surface area contributed by atoms with Crippen LogP contribution in [0.2, 0.25) is 0 Å². The molecule has 0 aromatic rings. The molecule has 2 unspecified atom stereocenters. The lowest BCUT2D eigenvalue weighted by Crippen LogP contribution is -2.41. The summed E-state index contributed by atoms with van der Waals surface area (Å²) in [7, 11) is 3.16. The van der Waals surface area contributed by atoms with Gasteiger partial charge < -0.3 is 9.47 Å². The topological polar surface area (TPSA) is 30.8 Å². The molecule has 0 fully saturated rings. The normalized spacial score (nSPS) is 31.4. The lowest BCUT2D eigenvalue weighted by Gasteiger charge is -2.31. The van der Waals surface area contributed by atoms with Crippen LogP contribution in [0.15, 0.2) is 29.3 Å². The molecule has 0 spiro atoms. The first-order chi connectivity index (χ1) is 6.29. The second-order valence-electron chi connectivity index (χ2n) is 2.56. The van der Waals surface area contributed by atoms with Crippen molar-refractivity contribution in [3.05, 3.63) is 24.3 Å². The predicted octanol–water partition coefficient (Wildman–Crippen LogP) is 1.57. The first kappa shape index (κ1) is 10.3. The molecule has 0 heterocycles. The maximum atomic E-state index is 5.26. The van der Waals surface area contributed by atoms with Gasteiger partial charge in [0.05, 0.1) is 5.16 Å². The van der Waals surface area contributed by atoms with Gasteiger partial charge in [-0.25, -0.2) is 0 Å². The number of isothiocyanates is 1.